The van der Waals surface area contributed by atoms with Crippen LogP contribution < -0.4 is 5.32 Å². The van der Waals surface area contributed by atoms with Gasteiger partial charge in [-0.3, -0.25) is 9.69 Å². The third kappa shape index (κ3) is 6.16. The van der Waals surface area contributed by atoms with E-state index in [1.165, 1.54) is 5.56 Å². The molecule has 0 saturated carbocycles. The number of rotatable bonds is 7. The molecule has 4 nitrogen and oxygen atoms in total. The summed E-state index contributed by atoms with van der Waals surface area (Å²) in [6.07, 6.45) is 2.54. The largest absolute Gasteiger partial charge is 0.379 e. The summed E-state index contributed by atoms with van der Waals surface area (Å²) in [7, 11) is 0. The van der Waals surface area contributed by atoms with Gasteiger partial charge < -0.3 is 10.1 Å². The molecular weight excluding hydrogens is 332 g/mol. The summed E-state index contributed by atoms with van der Waals surface area (Å²) in [5.74, 6) is 0.0943. The zero-order valence-corrected chi connectivity index (χ0v) is 13.9. The summed E-state index contributed by atoms with van der Waals surface area (Å²) in [4.78, 5) is 14.1. The van der Waals surface area contributed by atoms with Gasteiger partial charge in [0.05, 0.1) is 13.2 Å². The van der Waals surface area contributed by atoms with Crippen LogP contribution >= 0.6 is 15.9 Å². The van der Waals surface area contributed by atoms with E-state index in [0.29, 0.717) is 6.42 Å². The number of anilines is 1. The zero-order chi connectivity index (χ0) is 14.9. The highest BCUT2D eigenvalue weighted by Gasteiger charge is 2.10. The van der Waals surface area contributed by atoms with E-state index in [9.17, 15) is 4.79 Å². The average molecular weight is 355 g/mol. The fourth-order valence-electron chi connectivity index (χ4n) is 2.31. The minimum Gasteiger partial charge on any atom is -0.379 e. The number of morpholine rings is 1. The first-order valence-electron chi connectivity index (χ1n) is 7.53. The molecule has 0 bridgehead atoms. The zero-order valence-electron chi connectivity index (χ0n) is 12.3. The second kappa shape index (κ2) is 9.18. The average Bonchev–Trinajstić information content (AvgIpc) is 2.51. The summed E-state index contributed by atoms with van der Waals surface area (Å²) in [6.45, 7) is 4.58. The van der Waals surface area contributed by atoms with Crippen LogP contribution in [0.2, 0.25) is 0 Å². The van der Waals surface area contributed by atoms with Crippen LogP contribution in [-0.2, 0) is 16.1 Å². The van der Waals surface area contributed by atoms with Gasteiger partial charge in [-0.15, -0.1) is 0 Å². The van der Waals surface area contributed by atoms with Crippen molar-refractivity contribution < 1.29 is 9.53 Å². The number of unbranched alkanes of at least 4 members (excludes halogenated alkanes) is 1. The number of nitrogens with zero attached hydrogens (tertiary/aromatic N) is 1. The maximum atomic E-state index is 11.7. The first kappa shape index (κ1) is 16.5. The summed E-state index contributed by atoms with van der Waals surface area (Å²) >= 11 is 3.37. The lowest BCUT2D eigenvalue weighted by Gasteiger charge is -2.26. The fraction of sp³-hybridized carbons (Fsp3) is 0.562. The van der Waals surface area contributed by atoms with Gasteiger partial charge in [-0.05, 0) is 30.5 Å². The topological polar surface area (TPSA) is 41.6 Å². The molecule has 0 radical (unpaired) electrons. The van der Waals surface area contributed by atoms with Gasteiger partial charge >= 0.3 is 0 Å². The number of halogens is 1. The van der Waals surface area contributed by atoms with Crippen LogP contribution in [0.1, 0.15) is 24.8 Å². The Hall–Kier alpha value is -0.910. The number of carbonyl (C=O) groups excluding carboxylic acids is 1. The standard InChI is InChI=1S/C16H23BrN2O2/c17-8-2-1-3-16(20)18-15-6-4-14(5-7-15)13-19-9-11-21-12-10-19/h4-7H,1-3,8-13H2,(H,18,20). The van der Waals surface area contributed by atoms with Gasteiger partial charge in [0.15, 0.2) is 0 Å². The van der Waals surface area contributed by atoms with Gasteiger partial charge in [-0.1, -0.05) is 28.1 Å². The second-order valence-electron chi connectivity index (χ2n) is 5.28. The van der Waals surface area contributed by atoms with Crippen LogP contribution in [0.25, 0.3) is 0 Å². The van der Waals surface area contributed by atoms with Crippen molar-refractivity contribution in [2.24, 2.45) is 0 Å². The molecule has 2 rings (SSSR count). The van der Waals surface area contributed by atoms with E-state index in [1.807, 2.05) is 12.1 Å². The van der Waals surface area contributed by atoms with Gasteiger partial charge in [0, 0.05) is 37.1 Å². The molecule has 1 saturated heterocycles. The van der Waals surface area contributed by atoms with Gasteiger partial charge in [-0.2, -0.15) is 0 Å². The van der Waals surface area contributed by atoms with Crippen LogP contribution in [0.5, 0.6) is 0 Å². The van der Waals surface area contributed by atoms with E-state index in [0.717, 1.165) is 56.7 Å². The van der Waals surface area contributed by atoms with Crippen LogP contribution in [-0.4, -0.2) is 42.4 Å². The molecule has 1 N–H and O–H groups in total. The molecule has 116 valence electrons. The Bertz CT molecular complexity index is 430. The molecule has 1 aliphatic heterocycles. The Labute approximate surface area is 135 Å². The minimum absolute atomic E-state index is 0.0943. The molecular formula is C16H23BrN2O2. The normalized spacial score (nSPS) is 15.9. The first-order valence-corrected chi connectivity index (χ1v) is 8.65. The third-order valence-corrected chi connectivity index (χ3v) is 4.10. The summed E-state index contributed by atoms with van der Waals surface area (Å²) in [5, 5.41) is 3.90. The van der Waals surface area contributed by atoms with Gasteiger partial charge in [0.2, 0.25) is 5.91 Å². The van der Waals surface area contributed by atoms with Crippen molar-refractivity contribution in [3.8, 4) is 0 Å². The smallest absolute Gasteiger partial charge is 0.224 e. The minimum atomic E-state index is 0.0943. The van der Waals surface area contributed by atoms with Crippen molar-refractivity contribution in [2.75, 3.05) is 37.0 Å². The quantitative estimate of drug-likeness (QED) is 0.604. The number of carbonyl (C=O) groups is 1. The molecule has 1 fully saturated rings. The van der Waals surface area contributed by atoms with E-state index in [-0.39, 0.29) is 5.91 Å². The summed E-state index contributed by atoms with van der Waals surface area (Å²) in [6, 6.07) is 8.14. The highest BCUT2D eigenvalue weighted by Crippen LogP contribution is 2.13. The molecule has 1 aromatic carbocycles. The Morgan fingerprint density at radius 3 is 2.57 bits per heavy atom. The molecule has 0 aromatic heterocycles. The van der Waals surface area contributed by atoms with E-state index in [1.54, 1.807) is 0 Å². The fourth-order valence-corrected chi connectivity index (χ4v) is 2.71. The van der Waals surface area contributed by atoms with Crippen LogP contribution in [0.15, 0.2) is 24.3 Å². The Kier molecular flexibility index (Phi) is 7.19. The van der Waals surface area contributed by atoms with Crippen LogP contribution in [0.3, 0.4) is 0 Å². The van der Waals surface area contributed by atoms with E-state index in [4.69, 9.17) is 4.74 Å². The molecule has 1 aliphatic rings. The molecule has 0 spiro atoms. The van der Waals surface area contributed by atoms with Gasteiger partial charge in [-0.25, -0.2) is 0 Å². The van der Waals surface area contributed by atoms with Crippen molar-refractivity contribution in [1.29, 1.82) is 0 Å². The highest BCUT2D eigenvalue weighted by atomic mass is 79.9. The second-order valence-corrected chi connectivity index (χ2v) is 6.07. The molecule has 0 unspecified atom stereocenters. The Morgan fingerprint density at radius 1 is 1.19 bits per heavy atom. The molecule has 1 heterocycles. The molecule has 5 heteroatoms. The van der Waals surface area contributed by atoms with Crippen molar-refractivity contribution in [3.63, 3.8) is 0 Å². The lowest BCUT2D eigenvalue weighted by molar-refractivity contribution is -0.116. The molecule has 21 heavy (non-hydrogen) atoms. The molecule has 1 aromatic rings. The predicted molar refractivity (Wildman–Crippen MR) is 88.8 cm³/mol. The number of hydrogen-bond acceptors (Lipinski definition) is 3. The number of alkyl halides is 1. The maximum absolute atomic E-state index is 11.7. The lowest BCUT2D eigenvalue weighted by Crippen LogP contribution is -2.35. The number of benzene rings is 1. The van der Waals surface area contributed by atoms with Crippen molar-refractivity contribution in [1.82, 2.24) is 4.90 Å². The first-order chi connectivity index (χ1) is 10.3. The Morgan fingerprint density at radius 2 is 1.90 bits per heavy atom. The molecule has 0 atom stereocenters. The van der Waals surface area contributed by atoms with E-state index < -0.39 is 0 Å². The number of nitrogens with one attached hydrogen (secondary N) is 1. The monoisotopic (exact) mass is 354 g/mol. The number of ether oxygens (including phenoxy) is 1. The van der Waals surface area contributed by atoms with Crippen molar-refractivity contribution in [3.05, 3.63) is 29.8 Å². The van der Waals surface area contributed by atoms with Gasteiger partial charge in [0.1, 0.15) is 0 Å². The van der Waals surface area contributed by atoms with Crippen molar-refractivity contribution in [2.45, 2.75) is 25.8 Å². The van der Waals surface area contributed by atoms with Crippen molar-refractivity contribution >= 4 is 27.5 Å². The number of amides is 1. The number of hydrogen-bond donors (Lipinski definition) is 1. The lowest BCUT2D eigenvalue weighted by atomic mass is 10.2. The SMILES string of the molecule is O=C(CCCCBr)Nc1ccc(CN2CCOCC2)cc1. The van der Waals surface area contributed by atoms with Crippen LogP contribution in [0, 0.1) is 0 Å². The maximum Gasteiger partial charge on any atom is 0.224 e. The highest BCUT2D eigenvalue weighted by molar-refractivity contribution is 9.09. The summed E-state index contributed by atoms with van der Waals surface area (Å²) in [5.41, 5.74) is 2.15. The Balaban J connectivity index is 1.77. The molecule has 1 amide bonds. The van der Waals surface area contributed by atoms with Gasteiger partial charge in [0.25, 0.3) is 0 Å². The third-order valence-electron chi connectivity index (χ3n) is 3.54. The van der Waals surface area contributed by atoms with Crippen LogP contribution in [0.4, 0.5) is 5.69 Å². The van der Waals surface area contributed by atoms with E-state index >= 15 is 0 Å². The predicted octanol–water partition coefficient (Wildman–Crippen LogP) is 3.02. The molecule has 0 aliphatic carbocycles. The van der Waals surface area contributed by atoms with E-state index in [2.05, 4.69) is 38.3 Å². The summed E-state index contributed by atoms with van der Waals surface area (Å²) < 4.78 is 5.35.